The van der Waals surface area contributed by atoms with Gasteiger partial charge in [0, 0.05) is 0 Å². The highest BCUT2D eigenvalue weighted by Crippen LogP contribution is 2.47. The van der Waals surface area contributed by atoms with Crippen LogP contribution in [-0.2, 0) is 9.53 Å². The molecule has 14 heavy (non-hydrogen) atoms. The Morgan fingerprint density at radius 1 is 1.57 bits per heavy atom. The molecule has 2 saturated heterocycles. The Morgan fingerprint density at radius 2 is 2.21 bits per heavy atom. The van der Waals surface area contributed by atoms with Crippen molar-refractivity contribution >= 4 is 5.91 Å². The highest BCUT2D eigenvalue weighted by Gasteiger charge is 2.62. The molecule has 0 bridgehead atoms. The number of fused-ring (bicyclic) bond motifs is 1. The number of nitrogens with zero attached hydrogens (tertiary/aromatic N) is 1. The maximum Gasteiger partial charge on any atom is 0.235 e. The molecule has 2 aliphatic heterocycles. The van der Waals surface area contributed by atoms with E-state index >= 15 is 0 Å². The number of rotatable bonds is 1. The molecule has 0 aromatic heterocycles. The quantitative estimate of drug-likeness (QED) is 0.620. The van der Waals surface area contributed by atoms with Crippen LogP contribution in [-0.4, -0.2) is 40.9 Å². The van der Waals surface area contributed by atoms with Crippen molar-refractivity contribution < 1.29 is 14.6 Å². The number of ether oxygens (including phenoxy) is 1. The zero-order valence-electron chi connectivity index (χ0n) is 8.91. The minimum absolute atomic E-state index is 0.00898. The van der Waals surface area contributed by atoms with Crippen LogP contribution in [0.3, 0.4) is 0 Å². The van der Waals surface area contributed by atoms with Gasteiger partial charge in [0.25, 0.3) is 0 Å². The molecule has 2 aliphatic rings. The Labute approximate surface area is 83.8 Å². The first-order valence-corrected chi connectivity index (χ1v) is 5.02. The fourth-order valence-electron chi connectivity index (χ4n) is 2.51. The van der Waals surface area contributed by atoms with Gasteiger partial charge in [0.1, 0.15) is 5.72 Å². The molecule has 0 radical (unpaired) electrons. The summed E-state index contributed by atoms with van der Waals surface area (Å²) in [7, 11) is 0. The molecule has 0 aromatic carbocycles. The SMILES string of the molecule is CC1(CO)C(=O)N2C1CCOC2(C)C. The minimum Gasteiger partial charge on any atom is -0.395 e. The van der Waals surface area contributed by atoms with E-state index < -0.39 is 11.1 Å². The third-order valence-corrected chi connectivity index (χ3v) is 3.51. The summed E-state index contributed by atoms with van der Waals surface area (Å²) in [6.45, 7) is 6.22. The van der Waals surface area contributed by atoms with E-state index in [0.717, 1.165) is 6.42 Å². The van der Waals surface area contributed by atoms with Gasteiger partial charge in [-0.2, -0.15) is 0 Å². The lowest BCUT2D eigenvalue weighted by molar-refractivity contribution is -0.253. The number of carbonyl (C=O) groups excluding carboxylic acids is 1. The van der Waals surface area contributed by atoms with Gasteiger partial charge in [-0.15, -0.1) is 0 Å². The standard InChI is InChI=1S/C10H17NO3/c1-9(2)11-7(4-5-14-9)10(3,6-12)8(11)13/h7,12H,4-6H2,1-3H3. The van der Waals surface area contributed by atoms with E-state index in [1.807, 2.05) is 20.8 Å². The van der Waals surface area contributed by atoms with Crippen LogP contribution in [0, 0.1) is 5.41 Å². The molecule has 80 valence electrons. The van der Waals surface area contributed by atoms with Crippen molar-refractivity contribution in [2.75, 3.05) is 13.2 Å². The van der Waals surface area contributed by atoms with E-state index in [4.69, 9.17) is 4.74 Å². The molecule has 0 spiro atoms. The molecule has 2 atom stereocenters. The number of carbonyl (C=O) groups is 1. The van der Waals surface area contributed by atoms with E-state index in [-0.39, 0.29) is 18.6 Å². The van der Waals surface area contributed by atoms with Gasteiger partial charge in [-0.1, -0.05) is 0 Å². The molecule has 2 unspecified atom stereocenters. The van der Waals surface area contributed by atoms with Crippen molar-refractivity contribution in [2.24, 2.45) is 5.41 Å². The lowest BCUT2D eigenvalue weighted by atomic mass is 9.69. The van der Waals surface area contributed by atoms with Gasteiger partial charge in [-0.25, -0.2) is 0 Å². The highest BCUT2D eigenvalue weighted by atomic mass is 16.5. The van der Waals surface area contributed by atoms with Crippen LogP contribution in [0.25, 0.3) is 0 Å². The smallest absolute Gasteiger partial charge is 0.235 e. The number of aliphatic hydroxyl groups excluding tert-OH is 1. The Balaban J connectivity index is 2.26. The number of aliphatic hydroxyl groups is 1. The maximum absolute atomic E-state index is 11.9. The van der Waals surface area contributed by atoms with Gasteiger partial charge in [-0.3, -0.25) is 4.79 Å². The highest BCUT2D eigenvalue weighted by molar-refractivity contribution is 5.90. The van der Waals surface area contributed by atoms with Crippen LogP contribution in [0.5, 0.6) is 0 Å². The van der Waals surface area contributed by atoms with E-state index in [1.54, 1.807) is 4.90 Å². The van der Waals surface area contributed by atoms with Gasteiger partial charge in [0.15, 0.2) is 0 Å². The van der Waals surface area contributed by atoms with Crippen molar-refractivity contribution in [1.82, 2.24) is 4.90 Å². The zero-order valence-corrected chi connectivity index (χ0v) is 8.91. The van der Waals surface area contributed by atoms with Crippen LogP contribution < -0.4 is 0 Å². The summed E-state index contributed by atoms with van der Waals surface area (Å²) < 4.78 is 5.53. The second-order valence-corrected chi connectivity index (χ2v) is 4.85. The van der Waals surface area contributed by atoms with Crippen molar-refractivity contribution in [3.63, 3.8) is 0 Å². The van der Waals surface area contributed by atoms with Crippen molar-refractivity contribution in [1.29, 1.82) is 0 Å². The predicted octanol–water partition coefficient (Wildman–Crippen LogP) is 0.352. The molecule has 2 heterocycles. The first-order valence-electron chi connectivity index (χ1n) is 5.02. The summed E-state index contributed by atoms with van der Waals surface area (Å²) in [5.41, 5.74) is -1.07. The van der Waals surface area contributed by atoms with Crippen LogP contribution >= 0.6 is 0 Å². The fraction of sp³-hybridized carbons (Fsp3) is 0.900. The van der Waals surface area contributed by atoms with E-state index in [2.05, 4.69) is 0 Å². The molecular weight excluding hydrogens is 182 g/mol. The van der Waals surface area contributed by atoms with Gasteiger partial charge < -0.3 is 14.7 Å². The van der Waals surface area contributed by atoms with E-state index in [1.165, 1.54) is 0 Å². The van der Waals surface area contributed by atoms with Gasteiger partial charge >= 0.3 is 0 Å². The third kappa shape index (κ3) is 0.982. The van der Waals surface area contributed by atoms with Crippen LogP contribution in [0.1, 0.15) is 27.2 Å². The molecule has 0 saturated carbocycles. The van der Waals surface area contributed by atoms with Crippen LogP contribution in [0.15, 0.2) is 0 Å². The first kappa shape index (κ1) is 9.93. The maximum atomic E-state index is 11.9. The Bertz CT molecular complexity index is 277. The summed E-state index contributed by atoms with van der Waals surface area (Å²) in [5.74, 6) is 0.00898. The van der Waals surface area contributed by atoms with Crippen molar-refractivity contribution in [3.8, 4) is 0 Å². The molecular formula is C10H17NO3. The minimum atomic E-state index is -0.568. The summed E-state index contributed by atoms with van der Waals surface area (Å²) >= 11 is 0. The van der Waals surface area contributed by atoms with E-state index in [0.29, 0.717) is 6.61 Å². The number of β-lactam (4-membered cyclic amide) rings is 1. The molecule has 1 amide bonds. The fourth-order valence-corrected chi connectivity index (χ4v) is 2.51. The van der Waals surface area contributed by atoms with Crippen molar-refractivity contribution in [3.05, 3.63) is 0 Å². The van der Waals surface area contributed by atoms with E-state index in [9.17, 15) is 9.90 Å². The zero-order chi connectivity index (χ0) is 10.6. The summed E-state index contributed by atoms with van der Waals surface area (Å²) in [6, 6.07) is 0.142. The second kappa shape index (κ2) is 2.70. The van der Waals surface area contributed by atoms with Gasteiger partial charge in [-0.05, 0) is 27.2 Å². The van der Waals surface area contributed by atoms with Gasteiger partial charge in [0.05, 0.1) is 24.7 Å². The topological polar surface area (TPSA) is 49.8 Å². The summed E-state index contributed by atoms with van der Waals surface area (Å²) in [5, 5.41) is 9.24. The van der Waals surface area contributed by atoms with Crippen LogP contribution in [0.4, 0.5) is 0 Å². The normalized spacial score (nSPS) is 40.4. The number of hydrogen-bond acceptors (Lipinski definition) is 3. The molecule has 4 heteroatoms. The molecule has 0 aromatic rings. The average Bonchev–Trinajstić information content (AvgIpc) is 2.14. The molecule has 2 rings (SSSR count). The molecule has 4 nitrogen and oxygen atoms in total. The van der Waals surface area contributed by atoms with Crippen molar-refractivity contribution in [2.45, 2.75) is 39.0 Å². The predicted molar refractivity (Wildman–Crippen MR) is 50.5 cm³/mol. The lowest BCUT2D eigenvalue weighted by Crippen LogP contribution is -2.77. The van der Waals surface area contributed by atoms with Crippen LogP contribution in [0.2, 0.25) is 0 Å². The summed E-state index contributed by atoms with van der Waals surface area (Å²) in [4.78, 5) is 13.6. The first-order chi connectivity index (χ1) is 6.43. The number of amides is 1. The lowest BCUT2D eigenvalue weighted by Gasteiger charge is -2.62. The molecule has 1 N–H and O–H groups in total. The molecule has 0 aliphatic carbocycles. The Morgan fingerprint density at radius 3 is 2.79 bits per heavy atom. The third-order valence-electron chi connectivity index (χ3n) is 3.51. The summed E-state index contributed by atoms with van der Waals surface area (Å²) in [6.07, 6.45) is 0.826. The Kier molecular flexibility index (Phi) is 1.92. The second-order valence-electron chi connectivity index (χ2n) is 4.85. The Hall–Kier alpha value is -0.610. The molecule has 2 fully saturated rings. The number of hydrogen-bond donors (Lipinski definition) is 1. The monoisotopic (exact) mass is 199 g/mol. The largest absolute Gasteiger partial charge is 0.395 e. The van der Waals surface area contributed by atoms with Gasteiger partial charge in [0.2, 0.25) is 5.91 Å². The average molecular weight is 199 g/mol.